The standard InChI is InChI=1S/C17H19ClN2O3/c1-11-5-7-13(9-14(11)18)20-19-10-12-6-8-15(21-2)17(23-4)16(12)22-3/h5-10,20H,1-4H3. The van der Waals surface area contributed by atoms with Gasteiger partial charge in [0, 0.05) is 10.6 Å². The van der Waals surface area contributed by atoms with Crippen LogP contribution in [0.1, 0.15) is 11.1 Å². The smallest absolute Gasteiger partial charge is 0.203 e. The van der Waals surface area contributed by atoms with Crippen molar-refractivity contribution in [3.8, 4) is 17.2 Å². The van der Waals surface area contributed by atoms with Gasteiger partial charge in [0.25, 0.3) is 0 Å². The molecular formula is C17H19ClN2O3. The Bertz CT molecular complexity index is 717. The first-order valence-electron chi connectivity index (χ1n) is 6.95. The summed E-state index contributed by atoms with van der Waals surface area (Å²) >= 11 is 6.09. The summed E-state index contributed by atoms with van der Waals surface area (Å²) in [6.07, 6.45) is 1.65. The number of nitrogens with zero attached hydrogens (tertiary/aromatic N) is 1. The Hall–Kier alpha value is -2.40. The molecule has 0 aliphatic rings. The Labute approximate surface area is 140 Å². The maximum atomic E-state index is 6.09. The van der Waals surface area contributed by atoms with Crippen LogP contribution in [0.3, 0.4) is 0 Å². The number of hydrazone groups is 1. The molecule has 0 aromatic heterocycles. The van der Waals surface area contributed by atoms with Crippen LogP contribution in [-0.4, -0.2) is 27.5 Å². The second-order valence-corrected chi connectivity index (χ2v) is 5.16. The monoisotopic (exact) mass is 334 g/mol. The van der Waals surface area contributed by atoms with Crippen molar-refractivity contribution in [2.24, 2.45) is 5.10 Å². The minimum absolute atomic E-state index is 0.525. The number of anilines is 1. The molecule has 23 heavy (non-hydrogen) atoms. The fourth-order valence-electron chi connectivity index (χ4n) is 2.06. The molecule has 0 saturated carbocycles. The molecule has 2 rings (SSSR count). The van der Waals surface area contributed by atoms with Gasteiger partial charge >= 0.3 is 0 Å². The fraction of sp³-hybridized carbons (Fsp3) is 0.235. The van der Waals surface area contributed by atoms with Crippen LogP contribution < -0.4 is 19.6 Å². The number of ether oxygens (including phenoxy) is 3. The van der Waals surface area contributed by atoms with Crippen molar-refractivity contribution in [3.05, 3.63) is 46.5 Å². The highest BCUT2D eigenvalue weighted by molar-refractivity contribution is 6.31. The summed E-state index contributed by atoms with van der Waals surface area (Å²) in [6.45, 7) is 1.95. The van der Waals surface area contributed by atoms with Crippen LogP contribution >= 0.6 is 11.6 Å². The molecule has 0 saturated heterocycles. The molecule has 0 spiro atoms. The van der Waals surface area contributed by atoms with Crippen LogP contribution in [-0.2, 0) is 0 Å². The fourth-order valence-corrected chi connectivity index (χ4v) is 2.25. The molecule has 5 nitrogen and oxygen atoms in total. The van der Waals surface area contributed by atoms with Gasteiger partial charge in [-0.15, -0.1) is 0 Å². The van der Waals surface area contributed by atoms with E-state index in [9.17, 15) is 0 Å². The third kappa shape index (κ3) is 3.87. The molecule has 0 bridgehead atoms. The van der Waals surface area contributed by atoms with Crippen LogP contribution in [0, 0.1) is 6.92 Å². The Morgan fingerprint density at radius 3 is 2.35 bits per heavy atom. The van der Waals surface area contributed by atoms with Crippen LogP contribution in [0.4, 0.5) is 5.69 Å². The second kappa shape index (κ2) is 7.74. The topological polar surface area (TPSA) is 52.1 Å². The highest BCUT2D eigenvalue weighted by Gasteiger charge is 2.14. The van der Waals surface area contributed by atoms with Crippen LogP contribution in [0.5, 0.6) is 17.2 Å². The first-order valence-corrected chi connectivity index (χ1v) is 7.32. The van der Waals surface area contributed by atoms with E-state index in [1.165, 1.54) is 0 Å². The summed E-state index contributed by atoms with van der Waals surface area (Å²) < 4.78 is 16.0. The number of methoxy groups -OCH3 is 3. The van der Waals surface area contributed by atoms with E-state index < -0.39 is 0 Å². The van der Waals surface area contributed by atoms with Crippen LogP contribution in [0.2, 0.25) is 5.02 Å². The number of nitrogens with one attached hydrogen (secondary N) is 1. The lowest BCUT2D eigenvalue weighted by Gasteiger charge is -2.13. The lowest BCUT2D eigenvalue weighted by Crippen LogP contribution is -1.99. The van der Waals surface area contributed by atoms with Gasteiger partial charge in [0.15, 0.2) is 11.5 Å². The first-order chi connectivity index (χ1) is 11.1. The number of halogens is 1. The molecule has 0 aliphatic heterocycles. The van der Waals surface area contributed by atoms with Gasteiger partial charge in [-0.25, -0.2) is 0 Å². The zero-order valence-electron chi connectivity index (χ0n) is 13.5. The average molecular weight is 335 g/mol. The number of hydrogen-bond donors (Lipinski definition) is 1. The number of benzene rings is 2. The lowest BCUT2D eigenvalue weighted by molar-refractivity contribution is 0.324. The maximum Gasteiger partial charge on any atom is 0.203 e. The van der Waals surface area contributed by atoms with E-state index in [1.807, 2.05) is 31.2 Å². The molecular weight excluding hydrogens is 316 g/mol. The van der Waals surface area contributed by atoms with Crippen molar-refractivity contribution in [1.82, 2.24) is 0 Å². The van der Waals surface area contributed by atoms with Gasteiger partial charge in [-0.2, -0.15) is 5.10 Å². The van der Waals surface area contributed by atoms with E-state index in [1.54, 1.807) is 33.6 Å². The maximum absolute atomic E-state index is 6.09. The molecule has 2 aromatic carbocycles. The average Bonchev–Trinajstić information content (AvgIpc) is 2.57. The largest absolute Gasteiger partial charge is 0.493 e. The van der Waals surface area contributed by atoms with Crippen molar-refractivity contribution >= 4 is 23.5 Å². The van der Waals surface area contributed by atoms with Gasteiger partial charge in [-0.3, -0.25) is 5.43 Å². The zero-order chi connectivity index (χ0) is 16.8. The quantitative estimate of drug-likeness (QED) is 0.637. The van der Waals surface area contributed by atoms with Crippen molar-refractivity contribution in [1.29, 1.82) is 0 Å². The minimum Gasteiger partial charge on any atom is -0.493 e. The Balaban J connectivity index is 2.23. The molecule has 122 valence electrons. The molecule has 0 fully saturated rings. The molecule has 0 atom stereocenters. The molecule has 0 heterocycles. The molecule has 2 aromatic rings. The first kappa shape index (κ1) is 17.0. The zero-order valence-corrected chi connectivity index (χ0v) is 14.3. The van der Waals surface area contributed by atoms with E-state index in [0.29, 0.717) is 22.3 Å². The number of rotatable bonds is 6. The van der Waals surface area contributed by atoms with Gasteiger partial charge in [0.2, 0.25) is 5.75 Å². The van der Waals surface area contributed by atoms with Crippen LogP contribution in [0.25, 0.3) is 0 Å². The lowest BCUT2D eigenvalue weighted by atomic mass is 10.2. The van der Waals surface area contributed by atoms with Gasteiger partial charge in [0.05, 0.1) is 33.2 Å². The third-order valence-corrected chi connectivity index (χ3v) is 3.71. The van der Waals surface area contributed by atoms with Crippen molar-refractivity contribution < 1.29 is 14.2 Å². The molecule has 0 radical (unpaired) electrons. The summed E-state index contributed by atoms with van der Waals surface area (Å²) in [5, 5.41) is 4.90. The summed E-state index contributed by atoms with van der Waals surface area (Å²) in [7, 11) is 4.71. The molecule has 0 unspecified atom stereocenters. The summed E-state index contributed by atoms with van der Waals surface area (Å²) in [5.74, 6) is 1.68. The van der Waals surface area contributed by atoms with E-state index in [0.717, 1.165) is 16.8 Å². The van der Waals surface area contributed by atoms with E-state index in [2.05, 4.69) is 10.5 Å². The van der Waals surface area contributed by atoms with E-state index in [-0.39, 0.29) is 0 Å². The predicted octanol–water partition coefficient (Wildman–Crippen LogP) is 4.12. The molecule has 6 heteroatoms. The normalized spacial score (nSPS) is 10.7. The molecule has 0 amide bonds. The van der Waals surface area contributed by atoms with Gasteiger partial charge < -0.3 is 14.2 Å². The highest BCUT2D eigenvalue weighted by atomic mass is 35.5. The third-order valence-electron chi connectivity index (χ3n) is 3.30. The SMILES string of the molecule is COc1ccc(C=NNc2ccc(C)c(Cl)c2)c(OC)c1OC. The number of aryl methyl sites for hydroxylation is 1. The molecule has 0 aliphatic carbocycles. The Kier molecular flexibility index (Phi) is 5.71. The van der Waals surface area contributed by atoms with Crippen molar-refractivity contribution in [2.75, 3.05) is 26.8 Å². The van der Waals surface area contributed by atoms with E-state index in [4.69, 9.17) is 25.8 Å². The number of hydrogen-bond acceptors (Lipinski definition) is 5. The second-order valence-electron chi connectivity index (χ2n) is 4.76. The predicted molar refractivity (Wildman–Crippen MR) is 93.5 cm³/mol. The van der Waals surface area contributed by atoms with Gasteiger partial charge in [0.1, 0.15) is 0 Å². The highest BCUT2D eigenvalue weighted by Crippen LogP contribution is 2.39. The minimum atomic E-state index is 0.525. The summed E-state index contributed by atoms with van der Waals surface area (Å²) in [4.78, 5) is 0. The molecule has 1 N–H and O–H groups in total. The van der Waals surface area contributed by atoms with Gasteiger partial charge in [-0.1, -0.05) is 17.7 Å². The Morgan fingerprint density at radius 1 is 1.00 bits per heavy atom. The van der Waals surface area contributed by atoms with Crippen LogP contribution in [0.15, 0.2) is 35.4 Å². The van der Waals surface area contributed by atoms with Crippen molar-refractivity contribution in [3.63, 3.8) is 0 Å². The van der Waals surface area contributed by atoms with Crippen molar-refractivity contribution in [2.45, 2.75) is 6.92 Å². The van der Waals surface area contributed by atoms with E-state index >= 15 is 0 Å². The summed E-state index contributed by atoms with van der Waals surface area (Å²) in [6, 6.07) is 9.29. The Morgan fingerprint density at radius 2 is 1.74 bits per heavy atom. The summed E-state index contributed by atoms with van der Waals surface area (Å²) in [5.41, 5.74) is 5.51. The van der Waals surface area contributed by atoms with Gasteiger partial charge in [-0.05, 0) is 36.8 Å².